The van der Waals surface area contributed by atoms with Crippen molar-refractivity contribution >= 4 is 28.4 Å². The number of hydrogen-bond donors (Lipinski definition) is 0. The molecule has 0 bridgehead atoms. The van der Waals surface area contributed by atoms with E-state index in [1.807, 2.05) is 0 Å². The third-order valence-electron chi connectivity index (χ3n) is 5.35. The first-order valence-electron chi connectivity index (χ1n) is 9.91. The molecule has 0 aliphatic rings. The van der Waals surface area contributed by atoms with Crippen LogP contribution in [0, 0.1) is 0 Å². The molecule has 5 nitrogen and oxygen atoms in total. The molecule has 0 radical (unpaired) electrons. The van der Waals surface area contributed by atoms with Crippen LogP contribution in [0.2, 0.25) is 5.02 Å². The Kier molecular flexibility index (Phi) is 6.71. The molecule has 3 rings (SSSR count). The molecule has 1 atom stereocenters. The van der Waals surface area contributed by atoms with E-state index in [1.165, 1.54) is 43.7 Å². The third kappa shape index (κ3) is 4.89. The first-order chi connectivity index (χ1) is 15.6. The molecule has 0 saturated heterocycles. The van der Waals surface area contributed by atoms with Crippen molar-refractivity contribution in [2.75, 3.05) is 6.54 Å². The van der Waals surface area contributed by atoms with Gasteiger partial charge in [-0.05, 0) is 50.2 Å². The van der Waals surface area contributed by atoms with E-state index in [4.69, 9.17) is 11.6 Å². The number of hydrogen-bond acceptors (Lipinski definition) is 3. The van der Waals surface area contributed by atoms with E-state index in [0.717, 1.165) is 4.90 Å². The summed E-state index contributed by atoms with van der Waals surface area (Å²) in [5.41, 5.74) is -4.20. The summed E-state index contributed by atoms with van der Waals surface area (Å²) in [5.74, 6) is -0.995. The van der Waals surface area contributed by atoms with Crippen LogP contribution in [0.15, 0.2) is 41.2 Å². The molecule has 3 aromatic rings. The van der Waals surface area contributed by atoms with Crippen LogP contribution in [0.1, 0.15) is 47.2 Å². The van der Waals surface area contributed by atoms with Crippen LogP contribution in [0.4, 0.5) is 26.3 Å². The van der Waals surface area contributed by atoms with Gasteiger partial charge in [-0.25, -0.2) is 4.98 Å². The summed E-state index contributed by atoms with van der Waals surface area (Å²) in [6.45, 7) is 2.89. The lowest BCUT2D eigenvalue weighted by Crippen LogP contribution is -2.37. The molecule has 1 aromatic heterocycles. The lowest BCUT2D eigenvalue weighted by Gasteiger charge is -2.29. The van der Waals surface area contributed by atoms with Gasteiger partial charge in [-0.1, -0.05) is 11.6 Å². The zero-order valence-electron chi connectivity index (χ0n) is 18.1. The number of halogens is 7. The van der Waals surface area contributed by atoms with Crippen molar-refractivity contribution in [3.05, 3.63) is 74.3 Å². The minimum atomic E-state index is -5.10. The zero-order valence-corrected chi connectivity index (χ0v) is 18.8. The van der Waals surface area contributed by atoms with Gasteiger partial charge in [0.05, 0.1) is 28.1 Å². The van der Waals surface area contributed by atoms with Crippen LogP contribution >= 0.6 is 11.6 Å². The Morgan fingerprint density at radius 2 is 1.62 bits per heavy atom. The molecule has 12 heteroatoms. The quantitative estimate of drug-likeness (QED) is 0.418. The van der Waals surface area contributed by atoms with Gasteiger partial charge in [0.1, 0.15) is 5.82 Å². The second-order valence-corrected chi connectivity index (χ2v) is 7.99. The topological polar surface area (TPSA) is 55.2 Å². The Morgan fingerprint density at radius 3 is 2.12 bits per heavy atom. The largest absolute Gasteiger partial charge is 0.416 e. The number of fused-ring (bicyclic) bond motifs is 1. The fourth-order valence-corrected chi connectivity index (χ4v) is 3.78. The van der Waals surface area contributed by atoms with E-state index in [0.29, 0.717) is 17.2 Å². The van der Waals surface area contributed by atoms with Gasteiger partial charge in [0.25, 0.3) is 11.5 Å². The zero-order chi connectivity index (χ0) is 25.6. The number of nitrogens with zero attached hydrogens (tertiary/aromatic N) is 3. The van der Waals surface area contributed by atoms with Crippen LogP contribution in [-0.4, -0.2) is 26.9 Å². The average molecular weight is 506 g/mol. The van der Waals surface area contributed by atoms with Crippen LogP contribution in [-0.2, 0) is 19.4 Å². The van der Waals surface area contributed by atoms with Crippen LogP contribution in [0.5, 0.6) is 0 Å². The molecule has 1 unspecified atom stereocenters. The van der Waals surface area contributed by atoms with Crippen molar-refractivity contribution in [1.82, 2.24) is 14.5 Å². The van der Waals surface area contributed by atoms with E-state index in [-0.39, 0.29) is 29.3 Å². The molecular weight excluding hydrogens is 488 g/mol. The molecule has 1 amide bonds. The van der Waals surface area contributed by atoms with Gasteiger partial charge in [0, 0.05) is 24.2 Å². The Balaban J connectivity index is 2.12. The number of rotatable bonds is 4. The molecule has 0 spiro atoms. The monoisotopic (exact) mass is 505 g/mol. The number of aromatic nitrogens is 2. The van der Waals surface area contributed by atoms with E-state index >= 15 is 0 Å². The highest BCUT2D eigenvalue weighted by Gasteiger charge is 2.38. The highest BCUT2D eigenvalue weighted by Crippen LogP contribution is 2.37. The van der Waals surface area contributed by atoms with Crippen molar-refractivity contribution in [1.29, 1.82) is 0 Å². The normalized spacial score (nSPS) is 13.2. The van der Waals surface area contributed by atoms with Gasteiger partial charge in [-0.2, -0.15) is 26.3 Å². The van der Waals surface area contributed by atoms with Crippen LogP contribution < -0.4 is 5.56 Å². The highest BCUT2D eigenvalue weighted by atomic mass is 35.5. The van der Waals surface area contributed by atoms with Crippen molar-refractivity contribution < 1.29 is 31.1 Å². The first-order valence-corrected chi connectivity index (χ1v) is 10.3. The molecule has 0 N–H and O–H groups in total. The average Bonchev–Trinajstić information content (AvgIpc) is 2.74. The SMILES string of the molecule is CCN(C(=O)c1cc(C(F)(F)F)cc(C(F)(F)F)c1)C(C)c1nc2cc(Cl)ccc2c(=O)n1C. The Labute approximate surface area is 194 Å². The maximum absolute atomic E-state index is 13.2. The lowest BCUT2D eigenvalue weighted by molar-refractivity contribution is -0.143. The number of carbonyl (C=O) groups excluding carboxylic acids is 1. The maximum Gasteiger partial charge on any atom is 0.416 e. The summed E-state index contributed by atoms with van der Waals surface area (Å²) in [6, 6.07) is 4.15. The second kappa shape index (κ2) is 8.94. The summed E-state index contributed by atoms with van der Waals surface area (Å²) in [7, 11) is 1.40. The minimum Gasteiger partial charge on any atom is -0.329 e. The predicted octanol–water partition coefficient (Wildman–Crippen LogP) is 5.85. The molecule has 182 valence electrons. The molecular formula is C22H18ClF6N3O2. The van der Waals surface area contributed by atoms with Gasteiger partial charge < -0.3 is 4.90 Å². The third-order valence-corrected chi connectivity index (χ3v) is 5.59. The van der Waals surface area contributed by atoms with Crippen LogP contribution in [0.25, 0.3) is 10.9 Å². The molecule has 1 heterocycles. The summed E-state index contributed by atoms with van der Waals surface area (Å²) in [4.78, 5) is 31.3. The van der Waals surface area contributed by atoms with Gasteiger partial charge in [0.15, 0.2) is 0 Å². The lowest BCUT2D eigenvalue weighted by atomic mass is 10.0. The number of benzene rings is 2. The van der Waals surface area contributed by atoms with Crippen molar-refractivity contribution in [2.24, 2.45) is 7.05 Å². The fraction of sp³-hybridized carbons (Fsp3) is 0.318. The standard InChI is InChI=1S/C22H18ClF6N3O2/c1-4-32(11(2)18-30-17-10-15(23)5-6-16(17)20(34)31(18)3)19(33)12-7-13(21(24,25)26)9-14(8-12)22(27,28)29/h5-11H,4H2,1-3H3. The maximum atomic E-state index is 13.2. The van der Waals surface area contributed by atoms with Gasteiger partial charge in [-0.15, -0.1) is 0 Å². The molecule has 34 heavy (non-hydrogen) atoms. The van der Waals surface area contributed by atoms with E-state index in [1.54, 1.807) is 0 Å². The summed E-state index contributed by atoms with van der Waals surface area (Å²) >= 11 is 5.97. The smallest absolute Gasteiger partial charge is 0.329 e. The second-order valence-electron chi connectivity index (χ2n) is 7.56. The van der Waals surface area contributed by atoms with Crippen molar-refractivity contribution in [3.63, 3.8) is 0 Å². The molecule has 0 aliphatic carbocycles. The molecule has 0 aliphatic heterocycles. The van der Waals surface area contributed by atoms with E-state index < -0.39 is 46.6 Å². The number of amides is 1. The Hall–Kier alpha value is -3.08. The van der Waals surface area contributed by atoms with E-state index in [9.17, 15) is 35.9 Å². The molecule has 2 aromatic carbocycles. The molecule has 0 saturated carbocycles. The number of carbonyl (C=O) groups is 1. The first kappa shape index (κ1) is 25.5. The summed E-state index contributed by atoms with van der Waals surface area (Å²) in [5, 5.41) is 0.559. The predicted molar refractivity (Wildman–Crippen MR) is 114 cm³/mol. The van der Waals surface area contributed by atoms with Gasteiger partial charge in [-0.3, -0.25) is 14.2 Å². The van der Waals surface area contributed by atoms with Gasteiger partial charge in [0.2, 0.25) is 0 Å². The fourth-order valence-electron chi connectivity index (χ4n) is 3.61. The summed E-state index contributed by atoms with van der Waals surface area (Å²) in [6.07, 6.45) is -10.2. The minimum absolute atomic E-state index is 0.0468. The van der Waals surface area contributed by atoms with Crippen molar-refractivity contribution in [3.8, 4) is 0 Å². The number of alkyl halides is 6. The highest BCUT2D eigenvalue weighted by molar-refractivity contribution is 6.31. The van der Waals surface area contributed by atoms with Crippen LogP contribution in [0.3, 0.4) is 0 Å². The Morgan fingerprint density at radius 1 is 1.06 bits per heavy atom. The Bertz CT molecular complexity index is 1280. The van der Waals surface area contributed by atoms with Crippen molar-refractivity contribution in [2.45, 2.75) is 32.2 Å². The summed E-state index contributed by atoms with van der Waals surface area (Å²) < 4.78 is 80.6. The van der Waals surface area contributed by atoms with Gasteiger partial charge >= 0.3 is 12.4 Å². The molecule has 0 fully saturated rings. The van der Waals surface area contributed by atoms with E-state index in [2.05, 4.69) is 4.98 Å².